The van der Waals surface area contributed by atoms with Crippen molar-refractivity contribution in [2.45, 2.75) is 25.8 Å². The van der Waals surface area contributed by atoms with Gasteiger partial charge in [-0.3, -0.25) is 9.78 Å². The van der Waals surface area contributed by atoms with Crippen molar-refractivity contribution in [1.29, 1.82) is 0 Å². The number of halogens is 1. The summed E-state index contributed by atoms with van der Waals surface area (Å²) in [6.45, 7) is 1.99. The van der Waals surface area contributed by atoms with Gasteiger partial charge >= 0.3 is 0 Å². The fourth-order valence-corrected chi connectivity index (χ4v) is 2.39. The van der Waals surface area contributed by atoms with Crippen LogP contribution in [0.25, 0.3) is 0 Å². The van der Waals surface area contributed by atoms with Gasteiger partial charge in [0.25, 0.3) is 0 Å². The number of nitrogens with zero attached hydrogens (tertiary/aromatic N) is 1. The third-order valence-corrected chi connectivity index (χ3v) is 3.58. The monoisotopic (exact) mass is 332 g/mol. The first kappa shape index (κ1) is 14.7. The number of rotatable bonds is 5. The van der Waals surface area contributed by atoms with Gasteiger partial charge in [0.1, 0.15) is 0 Å². The number of hydrogen-bond acceptors (Lipinski definition) is 2. The number of benzene rings is 1. The lowest BCUT2D eigenvalue weighted by molar-refractivity contribution is -0.121. The van der Waals surface area contributed by atoms with Crippen molar-refractivity contribution in [2.75, 3.05) is 0 Å². The van der Waals surface area contributed by atoms with E-state index in [2.05, 4.69) is 26.2 Å². The molecular formula is C16H17BrN2O. The van der Waals surface area contributed by atoms with Gasteiger partial charge < -0.3 is 5.32 Å². The summed E-state index contributed by atoms with van der Waals surface area (Å²) in [7, 11) is 0. The van der Waals surface area contributed by atoms with Crippen molar-refractivity contribution in [3.63, 3.8) is 0 Å². The number of nitrogens with one attached hydrogen (secondary N) is 1. The molecule has 1 aromatic heterocycles. The molecule has 0 fully saturated rings. The molecule has 0 aliphatic heterocycles. The zero-order valence-corrected chi connectivity index (χ0v) is 12.9. The number of carbonyl (C=O) groups excluding carboxylic acids is 1. The first-order valence-corrected chi connectivity index (χ1v) is 7.38. The maximum absolute atomic E-state index is 11.9. The highest BCUT2D eigenvalue weighted by Crippen LogP contribution is 2.17. The Kier molecular flexibility index (Phi) is 5.30. The van der Waals surface area contributed by atoms with Gasteiger partial charge in [0, 0.05) is 23.3 Å². The van der Waals surface area contributed by atoms with Gasteiger partial charge in [0.05, 0.1) is 6.04 Å². The normalized spacial score (nSPS) is 11.9. The molecule has 0 spiro atoms. The lowest BCUT2D eigenvalue weighted by Gasteiger charge is -2.14. The van der Waals surface area contributed by atoms with Crippen LogP contribution < -0.4 is 5.32 Å². The molecule has 1 amide bonds. The van der Waals surface area contributed by atoms with Crippen LogP contribution in [-0.4, -0.2) is 10.9 Å². The summed E-state index contributed by atoms with van der Waals surface area (Å²) < 4.78 is 1.02. The summed E-state index contributed by atoms with van der Waals surface area (Å²) in [6.07, 6.45) is 4.72. The third-order valence-electron chi connectivity index (χ3n) is 3.09. The maximum atomic E-state index is 11.9. The summed E-state index contributed by atoms with van der Waals surface area (Å²) in [4.78, 5) is 16.0. The van der Waals surface area contributed by atoms with Gasteiger partial charge in [-0.15, -0.1) is 0 Å². The zero-order valence-electron chi connectivity index (χ0n) is 11.3. The van der Waals surface area contributed by atoms with Crippen LogP contribution in [0.4, 0.5) is 0 Å². The maximum Gasteiger partial charge on any atom is 0.220 e. The Morgan fingerprint density at radius 2 is 2.20 bits per heavy atom. The Balaban J connectivity index is 1.85. The summed E-state index contributed by atoms with van der Waals surface area (Å²) in [5.74, 6) is 0.0568. The molecule has 0 aliphatic carbocycles. The Labute approximate surface area is 127 Å². The Bertz CT molecular complexity index is 572. The van der Waals surface area contributed by atoms with Crippen molar-refractivity contribution in [3.8, 4) is 0 Å². The van der Waals surface area contributed by atoms with Gasteiger partial charge in [-0.2, -0.15) is 0 Å². The van der Waals surface area contributed by atoms with Crippen LogP contribution in [0.15, 0.2) is 53.3 Å². The molecule has 1 N–H and O–H groups in total. The van der Waals surface area contributed by atoms with Gasteiger partial charge in [-0.05, 0) is 42.7 Å². The van der Waals surface area contributed by atoms with E-state index in [1.54, 1.807) is 12.4 Å². The predicted molar refractivity (Wildman–Crippen MR) is 83.3 cm³/mol. The van der Waals surface area contributed by atoms with Crippen LogP contribution in [0.3, 0.4) is 0 Å². The molecule has 0 saturated carbocycles. The van der Waals surface area contributed by atoms with Crippen LogP contribution >= 0.6 is 15.9 Å². The second-order valence-electron chi connectivity index (χ2n) is 4.71. The molecule has 104 valence electrons. The van der Waals surface area contributed by atoms with Gasteiger partial charge in [0.15, 0.2) is 0 Å². The van der Waals surface area contributed by atoms with Crippen LogP contribution in [0.5, 0.6) is 0 Å². The van der Waals surface area contributed by atoms with E-state index in [1.165, 1.54) is 0 Å². The summed E-state index contributed by atoms with van der Waals surface area (Å²) in [6, 6.07) is 11.9. The third kappa shape index (κ3) is 4.46. The largest absolute Gasteiger partial charge is 0.350 e. The minimum absolute atomic E-state index is 0.00824. The number of pyridine rings is 1. The Morgan fingerprint density at radius 3 is 2.90 bits per heavy atom. The first-order chi connectivity index (χ1) is 9.65. The molecule has 1 heterocycles. The highest BCUT2D eigenvalue weighted by atomic mass is 79.9. The van der Waals surface area contributed by atoms with Crippen LogP contribution in [0.2, 0.25) is 0 Å². The molecule has 1 aromatic carbocycles. The molecule has 20 heavy (non-hydrogen) atoms. The Hall–Kier alpha value is -1.68. The first-order valence-electron chi connectivity index (χ1n) is 6.59. The standard InChI is InChI=1S/C16H17BrN2O/c1-12(14-5-2-6-15(17)10-14)19-16(20)8-7-13-4-3-9-18-11-13/h2-6,9-12H,7-8H2,1H3,(H,19,20)/t12-/m0/s1. The molecular weight excluding hydrogens is 316 g/mol. The van der Waals surface area contributed by atoms with E-state index >= 15 is 0 Å². The van der Waals surface area contributed by atoms with Crippen molar-refractivity contribution in [1.82, 2.24) is 10.3 Å². The molecule has 0 radical (unpaired) electrons. The highest BCUT2D eigenvalue weighted by molar-refractivity contribution is 9.10. The predicted octanol–water partition coefficient (Wildman–Crippen LogP) is 3.65. The molecule has 4 heteroatoms. The number of carbonyl (C=O) groups is 1. The molecule has 0 aliphatic rings. The van der Waals surface area contributed by atoms with E-state index in [4.69, 9.17) is 0 Å². The van der Waals surface area contributed by atoms with Crippen molar-refractivity contribution in [2.24, 2.45) is 0 Å². The van der Waals surface area contributed by atoms with Crippen LogP contribution in [0, 0.1) is 0 Å². The van der Waals surface area contributed by atoms with E-state index in [1.807, 2.05) is 43.3 Å². The fourth-order valence-electron chi connectivity index (χ4n) is 1.98. The molecule has 2 aromatic rings. The quantitative estimate of drug-likeness (QED) is 0.907. The van der Waals surface area contributed by atoms with Crippen molar-refractivity contribution in [3.05, 3.63) is 64.4 Å². The summed E-state index contributed by atoms with van der Waals surface area (Å²) in [5.41, 5.74) is 2.17. The second-order valence-corrected chi connectivity index (χ2v) is 5.62. The molecule has 1 atom stereocenters. The average Bonchev–Trinajstić information content (AvgIpc) is 2.46. The topological polar surface area (TPSA) is 42.0 Å². The highest BCUT2D eigenvalue weighted by Gasteiger charge is 2.09. The van der Waals surface area contributed by atoms with Crippen molar-refractivity contribution < 1.29 is 4.79 Å². The molecule has 0 saturated heterocycles. The van der Waals surface area contributed by atoms with Gasteiger partial charge in [0.2, 0.25) is 5.91 Å². The second kappa shape index (κ2) is 7.20. The minimum Gasteiger partial charge on any atom is -0.350 e. The van der Waals surface area contributed by atoms with Gasteiger partial charge in [-0.25, -0.2) is 0 Å². The van der Waals surface area contributed by atoms with Crippen LogP contribution in [0.1, 0.15) is 30.5 Å². The fraction of sp³-hybridized carbons (Fsp3) is 0.250. The van der Waals surface area contributed by atoms with E-state index in [9.17, 15) is 4.79 Å². The van der Waals surface area contributed by atoms with Crippen molar-refractivity contribution >= 4 is 21.8 Å². The summed E-state index contributed by atoms with van der Waals surface area (Å²) in [5, 5.41) is 3.01. The molecule has 0 unspecified atom stereocenters. The lowest BCUT2D eigenvalue weighted by atomic mass is 10.1. The van der Waals surface area contributed by atoms with E-state index < -0.39 is 0 Å². The number of aryl methyl sites for hydroxylation is 1. The van der Waals surface area contributed by atoms with E-state index in [-0.39, 0.29) is 11.9 Å². The smallest absolute Gasteiger partial charge is 0.220 e. The minimum atomic E-state index is 0.00824. The number of hydrogen-bond donors (Lipinski definition) is 1. The zero-order chi connectivity index (χ0) is 14.4. The van der Waals surface area contributed by atoms with E-state index in [0.717, 1.165) is 15.6 Å². The average molecular weight is 333 g/mol. The lowest BCUT2D eigenvalue weighted by Crippen LogP contribution is -2.26. The molecule has 0 bridgehead atoms. The van der Waals surface area contributed by atoms with Gasteiger partial charge in [-0.1, -0.05) is 34.1 Å². The summed E-state index contributed by atoms with van der Waals surface area (Å²) >= 11 is 3.44. The number of aromatic nitrogens is 1. The molecule has 3 nitrogen and oxygen atoms in total. The molecule has 2 rings (SSSR count). The Morgan fingerprint density at radius 1 is 1.35 bits per heavy atom. The van der Waals surface area contributed by atoms with E-state index in [0.29, 0.717) is 12.8 Å². The SMILES string of the molecule is C[C@H](NC(=O)CCc1cccnc1)c1cccc(Br)c1. The van der Waals surface area contributed by atoms with Crippen LogP contribution in [-0.2, 0) is 11.2 Å². The number of amides is 1.